The van der Waals surface area contributed by atoms with E-state index in [0.717, 1.165) is 20.1 Å². The first kappa shape index (κ1) is 13.1. The van der Waals surface area contributed by atoms with Gasteiger partial charge in [0.05, 0.1) is 6.57 Å². The third kappa shape index (κ3) is 3.32. The highest BCUT2D eigenvalue weighted by molar-refractivity contribution is 9.10. The molecule has 0 spiro atoms. The second-order valence-corrected chi connectivity index (χ2v) is 5.53. The van der Waals surface area contributed by atoms with E-state index in [4.69, 9.17) is 6.57 Å². The largest absolute Gasteiger partial charge is 0.238 e. The Morgan fingerprint density at radius 3 is 1.89 bits per heavy atom. The lowest BCUT2D eigenvalue weighted by Gasteiger charge is -2.00. The van der Waals surface area contributed by atoms with Crippen LogP contribution in [0.1, 0.15) is 11.1 Å². The van der Waals surface area contributed by atoms with E-state index in [1.807, 2.05) is 54.6 Å². The summed E-state index contributed by atoms with van der Waals surface area (Å²) in [5, 5.41) is 0. The summed E-state index contributed by atoms with van der Waals surface area (Å²) in [6.07, 6.45) is 1.89. The molecule has 0 atom stereocenters. The van der Waals surface area contributed by atoms with Gasteiger partial charge in [-0.2, -0.15) is 0 Å². The molecule has 0 amide bonds. The zero-order chi connectivity index (χ0) is 13.0. The molecule has 0 aromatic heterocycles. The van der Waals surface area contributed by atoms with Crippen LogP contribution < -0.4 is 0 Å². The molecular weight excluding hydrogens is 354 g/mol. The van der Waals surface area contributed by atoms with Gasteiger partial charge in [-0.05, 0) is 41.5 Å². The Labute approximate surface area is 123 Å². The van der Waals surface area contributed by atoms with Crippen molar-refractivity contribution in [3.05, 3.63) is 80.0 Å². The van der Waals surface area contributed by atoms with Crippen LogP contribution >= 0.6 is 31.9 Å². The van der Waals surface area contributed by atoms with Crippen LogP contribution in [0.2, 0.25) is 0 Å². The summed E-state index contributed by atoms with van der Waals surface area (Å²) < 4.78 is 2.05. The van der Waals surface area contributed by atoms with Gasteiger partial charge in [-0.25, -0.2) is 4.85 Å². The highest BCUT2D eigenvalue weighted by Crippen LogP contribution is 2.22. The molecule has 3 heteroatoms. The summed E-state index contributed by atoms with van der Waals surface area (Å²) >= 11 is 6.78. The average molecular weight is 363 g/mol. The highest BCUT2D eigenvalue weighted by atomic mass is 79.9. The molecule has 0 radical (unpaired) electrons. The van der Waals surface area contributed by atoms with E-state index in [1.165, 1.54) is 0 Å². The van der Waals surface area contributed by atoms with Gasteiger partial charge in [0.2, 0.25) is 0 Å². The summed E-state index contributed by atoms with van der Waals surface area (Å²) in [7, 11) is 0. The first-order chi connectivity index (χ1) is 8.69. The van der Waals surface area contributed by atoms with E-state index in [2.05, 4.69) is 36.7 Å². The number of hydrogen-bond acceptors (Lipinski definition) is 0. The number of benzene rings is 2. The van der Waals surface area contributed by atoms with Gasteiger partial charge in [-0.3, -0.25) is 0 Å². The molecule has 0 aliphatic carbocycles. The van der Waals surface area contributed by atoms with Crippen molar-refractivity contribution in [1.82, 2.24) is 0 Å². The Bertz CT molecular complexity index is 604. The number of nitrogens with zero attached hydrogens (tertiary/aromatic N) is 1. The van der Waals surface area contributed by atoms with Gasteiger partial charge in [0.25, 0.3) is 0 Å². The summed E-state index contributed by atoms with van der Waals surface area (Å²) in [5.74, 6) is 0. The predicted molar refractivity (Wildman–Crippen MR) is 82.8 cm³/mol. The van der Waals surface area contributed by atoms with Crippen molar-refractivity contribution in [2.75, 3.05) is 0 Å². The molecule has 0 heterocycles. The zero-order valence-corrected chi connectivity index (χ0v) is 12.6. The van der Waals surface area contributed by atoms with Crippen LogP contribution in [0.5, 0.6) is 0 Å². The summed E-state index contributed by atoms with van der Waals surface area (Å²) in [4.78, 5) is 3.59. The van der Waals surface area contributed by atoms with Gasteiger partial charge >= 0.3 is 0 Å². The predicted octanol–water partition coefficient (Wildman–Crippen LogP) is 5.63. The minimum absolute atomic E-state index is 0.643. The van der Waals surface area contributed by atoms with Crippen molar-refractivity contribution in [3.63, 3.8) is 0 Å². The number of rotatable bonds is 2. The van der Waals surface area contributed by atoms with Gasteiger partial charge in [-0.1, -0.05) is 56.1 Å². The monoisotopic (exact) mass is 361 g/mol. The lowest BCUT2D eigenvalue weighted by molar-refractivity contribution is 1.58. The van der Waals surface area contributed by atoms with E-state index in [-0.39, 0.29) is 0 Å². The molecule has 0 fully saturated rings. The Morgan fingerprint density at radius 2 is 1.39 bits per heavy atom. The Balaban J connectivity index is 2.37. The molecule has 2 rings (SSSR count). The number of hydrogen-bond donors (Lipinski definition) is 0. The first-order valence-corrected chi connectivity index (χ1v) is 6.88. The molecule has 0 unspecified atom stereocenters. The van der Waals surface area contributed by atoms with E-state index in [9.17, 15) is 0 Å². The fourth-order valence-corrected chi connectivity index (χ4v) is 2.05. The van der Waals surface area contributed by atoms with Gasteiger partial charge in [0.15, 0.2) is 5.70 Å². The summed E-state index contributed by atoms with van der Waals surface area (Å²) in [6, 6.07) is 15.7. The molecule has 88 valence electrons. The molecule has 0 saturated heterocycles. The van der Waals surface area contributed by atoms with Crippen LogP contribution in [0.3, 0.4) is 0 Å². The lowest BCUT2D eigenvalue weighted by atomic mass is 10.1. The van der Waals surface area contributed by atoms with Crippen LogP contribution in [0, 0.1) is 6.57 Å². The zero-order valence-electron chi connectivity index (χ0n) is 9.40. The third-order valence-electron chi connectivity index (χ3n) is 2.43. The second kappa shape index (κ2) is 5.99. The van der Waals surface area contributed by atoms with E-state index in [0.29, 0.717) is 5.70 Å². The fraction of sp³-hybridized carbons (Fsp3) is 0. The molecule has 0 N–H and O–H groups in total. The van der Waals surface area contributed by atoms with Crippen molar-refractivity contribution >= 4 is 43.6 Å². The van der Waals surface area contributed by atoms with Gasteiger partial charge in [0.1, 0.15) is 0 Å². The quantitative estimate of drug-likeness (QED) is 0.481. The van der Waals surface area contributed by atoms with Crippen LogP contribution in [0.15, 0.2) is 57.5 Å². The van der Waals surface area contributed by atoms with Crippen LogP contribution in [-0.2, 0) is 0 Å². The molecule has 0 aliphatic heterocycles. The second-order valence-electron chi connectivity index (χ2n) is 3.70. The van der Waals surface area contributed by atoms with Crippen molar-refractivity contribution < 1.29 is 0 Å². The number of halogens is 2. The van der Waals surface area contributed by atoms with E-state index >= 15 is 0 Å². The molecule has 0 saturated carbocycles. The van der Waals surface area contributed by atoms with Crippen LogP contribution in [0.4, 0.5) is 0 Å². The van der Waals surface area contributed by atoms with Crippen LogP contribution in [0.25, 0.3) is 16.6 Å². The average Bonchev–Trinajstić information content (AvgIpc) is 2.39. The first-order valence-electron chi connectivity index (χ1n) is 5.30. The molecule has 18 heavy (non-hydrogen) atoms. The van der Waals surface area contributed by atoms with Crippen molar-refractivity contribution in [1.29, 1.82) is 0 Å². The van der Waals surface area contributed by atoms with E-state index in [1.54, 1.807) is 0 Å². The SMILES string of the molecule is [C-]#[N+]/C(=C\c1ccc(Br)cc1)c1ccc(Br)cc1. The molecule has 0 bridgehead atoms. The Kier molecular flexibility index (Phi) is 4.35. The van der Waals surface area contributed by atoms with Crippen molar-refractivity contribution in [3.8, 4) is 0 Å². The van der Waals surface area contributed by atoms with Crippen molar-refractivity contribution in [2.45, 2.75) is 0 Å². The fourth-order valence-electron chi connectivity index (χ4n) is 1.52. The van der Waals surface area contributed by atoms with Crippen LogP contribution in [-0.4, -0.2) is 0 Å². The topological polar surface area (TPSA) is 4.36 Å². The standard InChI is InChI=1S/C15H9Br2N/c1-18-15(12-4-8-14(17)9-5-12)10-11-2-6-13(16)7-3-11/h2-10H/b15-10-. The Morgan fingerprint density at radius 1 is 0.889 bits per heavy atom. The highest BCUT2D eigenvalue weighted by Gasteiger charge is 2.01. The summed E-state index contributed by atoms with van der Waals surface area (Å²) in [6.45, 7) is 7.28. The van der Waals surface area contributed by atoms with E-state index < -0.39 is 0 Å². The normalized spacial score (nSPS) is 11.1. The van der Waals surface area contributed by atoms with Crippen molar-refractivity contribution in [2.24, 2.45) is 0 Å². The minimum Gasteiger partial charge on any atom is -0.238 e. The molecule has 1 nitrogen and oxygen atoms in total. The molecule has 0 aliphatic rings. The molecule has 2 aromatic carbocycles. The molecule has 2 aromatic rings. The smallest absolute Gasteiger partial charge is 0.194 e. The van der Waals surface area contributed by atoms with Gasteiger partial charge < -0.3 is 0 Å². The molecular formula is C15H9Br2N. The van der Waals surface area contributed by atoms with Gasteiger partial charge in [0, 0.05) is 8.95 Å². The Hall–Kier alpha value is -1.37. The minimum atomic E-state index is 0.643. The maximum absolute atomic E-state index is 7.28. The third-order valence-corrected chi connectivity index (χ3v) is 3.49. The van der Waals surface area contributed by atoms with Gasteiger partial charge in [-0.15, -0.1) is 0 Å². The maximum Gasteiger partial charge on any atom is 0.194 e. The lowest BCUT2D eigenvalue weighted by Crippen LogP contribution is -1.80. The summed E-state index contributed by atoms with van der Waals surface area (Å²) in [5.41, 5.74) is 2.59. The maximum atomic E-state index is 7.28.